The SMILES string of the molecule is CC1CC(C)C(Oc2ccc(C(C)(C)C)cc2)C(O)C1. The number of hydrogen-bond acceptors (Lipinski definition) is 2. The average molecular weight is 276 g/mol. The molecule has 0 amide bonds. The molecule has 2 rings (SSSR count). The summed E-state index contributed by atoms with van der Waals surface area (Å²) in [5.41, 5.74) is 1.46. The van der Waals surface area contributed by atoms with E-state index in [-0.39, 0.29) is 17.6 Å². The lowest BCUT2D eigenvalue weighted by molar-refractivity contribution is -0.0388. The highest BCUT2D eigenvalue weighted by molar-refractivity contribution is 5.31. The molecule has 0 saturated heterocycles. The summed E-state index contributed by atoms with van der Waals surface area (Å²) in [5, 5.41) is 10.2. The smallest absolute Gasteiger partial charge is 0.127 e. The minimum atomic E-state index is -0.351. The lowest BCUT2D eigenvalue weighted by atomic mass is 9.79. The molecule has 1 saturated carbocycles. The molecule has 0 spiro atoms. The van der Waals surface area contributed by atoms with Crippen molar-refractivity contribution in [2.45, 2.75) is 65.1 Å². The molecule has 1 aliphatic rings. The van der Waals surface area contributed by atoms with Crippen molar-refractivity contribution in [2.24, 2.45) is 11.8 Å². The average Bonchev–Trinajstić information content (AvgIpc) is 2.33. The van der Waals surface area contributed by atoms with E-state index in [1.54, 1.807) is 0 Å². The van der Waals surface area contributed by atoms with E-state index < -0.39 is 0 Å². The van der Waals surface area contributed by atoms with Crippen molar-refractivity contribution >= 4 is 0 Å². The van der Waals surface area contributed by atoms with Gasteiger partial charge in [-0.2, -0.15) is 0 Å². The maximum absolute atomic E-state index is 10.2. The zero-order valence-corrected chi connectivity index (χ0v) is 13.4. The van der Waals surface area contributed by atoms with Crippen LogP contribution >= 0.6 is 0 Å². The first-order chi connectivity index (χ1) is 9.27. The molecule has 2 heteroatoms. The van der Waals surface area contributed by atoms with E-state index >= 15 is 0 Å². The number of benzene rings is 1. The van der Waals surface area contributed by atoms with Crippen LogP contribution in [-0.4, -0.2) is 17.3 Å². The molecular formula is C18H28O2. The minimum Gasteiger partial charge on any atom is -0.487 e. The molecule has 0 heterocycles. The predicted octanol–water partition coefficient (Wildman–Crippen LogP) is 4.16. The Hall–Kier alpha value is -1.02. The van der Waals surface area contributed by atoms with Crippen LogP contribution in [0.2, 0.25) is 0 Å². The second-order valence-corrected chi connectivity index (χ2v) is 7.48. The Balaban J connectivity index is 2.06. The molecule has 20 heavy (non-hydrogen) atoms. The quantitative estimate of drug-likeness (QED) is 0.879. The normalized spacial score (nSPS) is 31.1. The molecular weight excluding hydrogens is 248 g/mol. The van der Waals surface area contributed by atoms with Crippen molar-refractivity contribution < 1.29 is 9.84 Å². The molecule has 1 N–H and O–H groups in total. The summed E-state index contributed by atoms with van der Waals surface area (Å²) in [6.45, 7) is 11.0. The molecule has 0 radical (unpaired) electrons. The van der Waals surface area contributed by atoms with Gasteiger partial charge in [0.25, 0.3) is 0 Å². The molecule has 1 aromatic rings. The monoisotopic (exact) mass is 276 g/mol. The van der Waals surface area contributed by atoms with Crippen LogP contribution in [-0.2, 0) is 5.41 Å². The third-order valence-corrected chi connectivity index (χ3v) is 4.35. The van der Waals surface area contributed by atoms with Gasteiger partial charge < -0.3 is 9.84 Å². The lowest BCUT2D eigenvalue weighted by Gasteiger charge is -2.36. The highest BCUT2D eigenvalue weighted by Crippen LogP contribution is 2.32. The first-order valence-electron chi connectivity index (χ1n) is 7.72. The molecule has 0 aliphatic heterocycles. The van der Waals surface area contributed by atoms with Crippen LogP contribution in [0.1, 0.15) is 53.0 Å². The van der Waals surface area contributed by atoms with E-state index in [0.717, 1.165) is 18.6 Å². The maximum atomic E-state index is 10.2. The molecule has 1 aliphatic carbocycles. The first kappa shape index (κ1) is 15.4. The van der Waals surface area contributed by atoms with Gasteiger partial charge in [-0.3, -0.25) is 0 Å². The third kappa shape index (κ3) is 3.54. The molecule has 2 nitrogen and oxygen atoms in total. The summed E-state index contributed by atoms with van der Waals surface area (Å²) in [6, 6.07) is 8.30. The van der Waals surface area contributed by atoms with Gasteiger partial charge in [0.2, 0.25) is 0 Å². The molecule has 112 valence electrons. The summed E-state index contributed by atoms with van der Waals surface area (Å²) < 4.78 is 6.05. The Morgan fingerprint density at radius 3 is 2.15 bits per heavy atom. The molecule has 0 aromatic heterocycles. The van der Waals surface area contributed by atoms with Crippen molar-refractivity contribution in [1.82, 2.24) is 0 Å². The van der Waals surface area contributed by atoms with Gasteiger partial charge in [-0.1, -0.05) is 46.8 Å². The van der Waals surface area contributed by atoms with Gasteiger partial charge in [-0.15, -0.1) is 0 Å². The Morgan fingerprint density at radius 1 is 1.05 bits per heavy atom. The topological polar surface area (TPSA) is 29.5 Å². The van der Waals surface area contributed by atoms with Crippen molar-refractivity contribution in [3.63, 3.8) is 0 Å². The first-order valence-corrected chi connectivity index (χ1v) is 7.72. The Labute approximate surface area is 123 Å². The van der Waals surface area contributed by atoms with Crippen LogP contribution in [0.25, 0.3) is 0 Å². The largest absolute Gasteiger partial charge is 0.487 e. The number of aliphatic hydroxyl groups is 1. The van der Waals surface area contributed by atoms with E-state index in [0.29, 0.717) is 11.8 Å². The summed E-state index contributed by atoms with van der Waals surface area (Å²) >= 11 is 0. The predicted molar refractivity (Wildman–Crippen MR) is 83.1 cm³/mol. The fraction of sp³-hybridized carbons (Fsp3) is 0.667. The summed E-state index contributed by atoms with van der Waals surface area (Å²) in [5.74, 6) is 1.85. The van der Waals surface area contributed by atoms with E-state index in [1.165, 1.54) is 5.56 Å². The Bertz CT molecular complexity index is 418. The lowest BCUT2D eigenvalue weighted by Crippen LogP contribution is -2.43. The van der Waals surface area contributed by atoms with Crippen LogP contribution in [0.3, 0.4) is 0 Å². The van der Waals surface area contributed by atoms with Gasteiger partial charge in [-0.25, -0.2) is 0 Å². The van der Waals surface area contributed by atoms with Gasteiger partial charge >= 0.3 is 0 Å². The second kappa shape index (κ2) is 5.77. The highest BCUT2D eigenvalue weighted by atomic mass is 16.5. The van der Waals surface area contributed by atoms with Crippen molar-refractivity contribution in [2.75, 3.05) is 0 Å². The van der Waals surface area contributed by atoms with Crippen LogP contribution in [0, 0.1) is 11.8 Å². The molecule has 0 bridgehead atoms. The summed E-state index contributed by atoms with van der Waals surface area (Å²) in [4.78, 5) is 0. The van der Waals surface area contributed by atoms with Crippen LogP contribution in [0.15, 0.2) is 24.3 Å². The molecule has 4 atom stereocenters. The maximum Gasteiger partial charge on any atom is 0.127 e. The van der Waals surface area contributed by atoms with E-state index in [4.69, 9.17) is 4.74 Å². The molecule has 1 aromatic carbocycles. The number of aliphatic hydroxyl groups excluding tert-OH is 1. The third-order valence-electron chi connectivity index (χ3n) is 4.35. The van der Waals surface area contributed by atoms with Gasteiger partial charge in [0.15, 0.2) is 0 Å². The molecule has 1 fully saturated rings. The number of ether oxygens (including phenoxy) is 1. The standard InChI is InChI=1S/C18H28O2/c1-12-10-13(2)17(16(19)11-12)20-15-8-6-14(7-9-15)18(3,4)5/h6-9,12-13,16-17,19H,10-11H2,1-5H3. The number of rotatable bonds is 2. The summed E-state index contributed by atoms with van der Waals surface area (Å²) in [6.07, 6.45) is 1.54. The van der Waals surface area contributed by atoms with Crippen molar-refractivity contribution in [3.05, 3.63) is 29.8 Å². The Morgan fingerprint density at radius 2 is 1.65 bits per heavy atom. The minimum absolute atomic E-state index is 0.0771. The van der Waals surface area contributed by atoms with Crippen LogP contribution < -0.4 is 4.74 Å². The zero-order valence-electron chi connectivity index (χ0n) is 13.4. The fourth-order valence-electron chi connectivity index (χ4n) is 3.18. The van der Waals surface area contributed by atoms with E-state index in [2.05, 4.69) is 46.8 Å². The molecule has 4 unspecified atom stereocenters. The second-order valence-electron chi connectivity index (χ2n) is 7.48. The van der Waals surface area contributed by atoms with E-state index in [1.807, 2.05) is 12.1 Å². The number of hydrogen-bond donors (Lipinski definition) is 1. The Kier molecular flexibility index (Phi) is 4.43. The van der Waals surface area contributed by atoms with E-state index in [9.17, 15) is 5.11 Å². The summed E-state index contributed by atoms with van der Waals surface area (Å²) in [7, 11) is 0. The van der Waals surface area contributed by atoms with Gasteiger partial charge in [-0.05, 0) is 47.8 Å². The highest BCUT2D eigenvalue weighted by Gasteiger charge is 2.34. The van der Waals surface area contributed by atoms with Gasteiger partial charge in [0, 0.05) is 0 Å². The van der Waals surface area contributed by atoms with Crippen LogP contribution in [0.4, 0.5) is 0 Å². The van der Waals surface area contributed by atoms with Crippen molar-refractivity contribution in [1.29, 1.82) is 0 Å². The van der Waals surface area contributed by atoms with Crippen molar-refractivity contribution in [3.8, 4) is 5.75 Å². The van der Waals surface area contributed by atoms with Gasteiger partial charge in [0.05, 0.1) is 6.10 Å². The van der Waals surface area contributed by atoms with Crippen LogP contribution in [0.5, 0.6) is 5.75 Å². The van der Waals surface area contributed by atoms with Gasteiger partial charge in [0.1, 0.15) is 11.9 Å². The zero-order chi connectivity index (χ0) is 14.9. The fourth-order valence-corrected chi connectivity index (χ4v) is 3.18.